The molecule has 1 N–H and O–H groups in total. The molecule has 4 heteroatoms. The largest absolute Gasteiger partial charge is 0.414 e. The van der Waals surface area contributed by atoms with Gasteiger partial charge in [0.1, 0.15) is 6.10 Å². The zero-order valence-electron chi connectivity index (χ0n) is 12.7. The van der Waals surface area contributed by atoms with Gasteiger partial charge in [-0.3, -0.25) is 0 Å². The number of benzene rings is 1. The van der Waals surface area contributed by atoms with E-state index in [-0.39, 0.29) is 5.04 Å². The van der Waals surface area contributed by atoms with Crippen LogP contribution in [0, 0.1) is 6.92 Å². The van der Waals surface area contributed by atoms with E-state index >= 15 is 0 Å². The number of aryl methyl sites for hydroxylation is 1. The van der Waals surface area contributed by atoms with Crippen LogP contribution in [0.3, 0.4) is 0 Å². The third-order valence-corrected chi connectivity index (χ3v) is 8.99. The highest BCUT2D eigenvalue weighted by molar-refractivity contribution is 9.10. The van der Waals surface area contributed by atoms with Gasteiger partial charge in [-0.1, -0.05) is 42.8 Å². The molecule has 108 valence electrons. The van der Waals surface area contributed by atoms with Gasteiger partial charge in [-0.15, -0.1) is 0 Å². The summed E-state index contributed by atoms with van der Waals surface area (Å²) in [6.07, 6.45) is -0.553. The summed E-state index contributed by atoms with van der Waals surface area (Å²) in [5, 5.41) is 10.5. The molecule has 1 aromatic rings. The van der Waals surface area contributed by atoms with E-state index in [4.69, 9.17) is 4.43 Å². The molecule has 2 nitrogen and oxygen atoms in total. The van der Waals surface area contributed by atoms with Crippen molar-refractivity contribution in [3.8, 4) is 0 Å². The van der Waals surface area contributed by atoms with E-state index in [9.17, 15) is 5.11 Å². The molecule has 0 saturated carbocycles. The summed E-state index contributed by atoms with van der Waals surface area (Å²) in [5.41, 5.74) is 2.03. The predicted molar refractivity (Wildman–Crippen MR) is 87.0 cm³/mol. The van der Waals surface area contributed by atoms with Gasteiger partial charge in [0.25, 0.3) is 0 Å². The molecule has 0 aliphatic rings. The Morgan fingerprint density at radius 2 is 1.89 bits per heavy atom. The van der Waals surface area contributed by atoms with E-state index in [1.807, 2.05) is 25.1 Å². The van der Waals surface area contributed by atoms with Gasteiger partial charge < -0.3 is 9.53 Å². The molecule has 0 aromatic heterocycles. The molecule has 0 fully saturated rings. The maximum atomic E-state index is 10.3. The molecule has 0 aliphatic carbocycles. The van der Waals surface area contributed by atoms with Gasteiger partial charge in [-0.2, -0.15) is 0 Å². The second-order valence-electron chi connectivity index (χ2n) is 6.59. The minimum atomic E-state index is -1.80. The maximum absolute atomic E-state index is 10.3. The zero-order chi connectivity index (χ0) is 14.8. The lowest BCUT2D eigenvalue weighted by Gasteiger charge is -2.36. The van der Waals surface area contributed by atoms with Crippen LogP contribution < -0.4 is 0 Å². The van der Waals surface area contributed by atoms with Crippen molar-refractivity contribution in [3.05, 3.63) is 33.8 Å². The van der Waals surface area contributed by atoms with Crippen LogP contribution in [0.1, 0.15) is 38.0 Å². The normalized spacial score (nSPS) is 14.5. The lowest BCUT2D eigenvalue weighted by atomic mass is 10.0. The minimum absolute atomic E-state index is 0.168. The highest BCUT2D eigenvalue weighted by Gasteiger charge is 2.37. The van der Waals surface area contributed by atoms with Crippen molar-refractivity contribution in [2.24, 2.45) is 0 Å². The average Bonchev–Trinajstić information content (AvgIpc) is 2.24. The van der Waals surface area contributed by atoms with Crippen molar-refractivity contribution in [1.29, 1.82) is 0 Å². The predicted octanol–water partition coefficient (Wildman–Crippen LogP) is 4.81. The van der Waals surface area contributed by atoms with Crippen molar-refractivity contribution in [2.45, 2.75) is 51.9 Å². The second kappa shape index (κ2) is 6.08. The smallest absolute Gasteiger partial charge is 0.192 e. The van der Waals surface area contributed by atoms with Crippen molar-refractivity contribution in [1.82, 2.24) is 0 Å². The van der Waals surface area contributed by atoms with Gasteiger partial charge in [-0.05, 0) is 48.3 Å². The topological polar surface area (TPSA) is 29.5 Å². The van der Waals surface area contributed by atoms with E-state index < -0.39 is 14.4 Å². The van der Waals surface area contributed by atoms with Crippen LogP contribution in [-0.4, -0.2) is 20.0 Å². The first-order valence-corrected chi connectivity index (χ1v) is 10.3. The van der Waals surface area contributed by atoms with E-state index in [0.29, 0.717) is 6.61 Å². The molecular formula is C15H25BrO2Si. The van der Waals surface area contributed by atoms with Crippen LogP contribution in [0.4, 0.5) is 0 Å². The Labute approximate surface area is 126 Å². The molecule has 0 radical (unpaired) electrons. The van der Waals surface area contributed by atoms with Crippen LogP contribution >= 0.6 is 15.9 Å². The van der Waals surface area contributed by atoms with Crippen LogP contribution in [-0.2, 0) is 4.43 Å². The number of halogens is 1. The molecule has 1 rings (SSSR count). The monoisotopic (exact) mass is 344 g/mol. The summed E-state index contributed by atoms with van der Waals surface area (Å²) in [5.74, 6) is 0. The molecule has 0 unspecified atom stereocenters. The molecule has 0 spiro atoms. The Hall–Kier alpha value is -0.163. The van der Waals surface area contributed by atoms with E-state index in [1.54, 1.807) is 0 Å². The molecule has 0 amide bonds. The Morgan fingerprint density at radius 1 is 1.32 bits per heavy atom. The summed E-state index contributed by atoms with van der Waals surface area (Å²) in [7, 11) is -1.80. The Balaban J connectivity index is 2.73. The SMILES string of the molecule is Cc1cc(Br)ccc1[C@@H](O)CO[Si](C)(C)C(C)(C)C. The van der Waals surface area contributed by atoms with Crippen molar-refractivity contribution >= 4 is 24.2 Å². The second-order valence-corrected chi connectivity index (χ2v) is 12.3. The van der Waals surface area contributed by atoms with Crippen LogP contribution in [0.15, 0.2) is 22.7 Å². The van der Waals surface area contributed by atoms with Crippen LogP contribution in [0.25, 0.3) is 0 Å². The Kier molecular flexibility index (Phi) is 5.41. The zero-order valence-corrected chi connectivity index (χ0v) is 15.3. The first-order valence-electron chi connectivity index (χ1n) is 6.62. The molecule has 0 saturated heterocycles. The number of aliphatic hydroxyl groups excluding tert-OH is 1. The summed E-state index contributed by atoms with van der Waals surface area (Å²) >= 11 is 3.44. The van der Waals surface area contributed by atoms with Crippen molar-refractivity contribution in [2.75, 3.05) is 6.61 Å². The number of aliphatic hydroxyl groups is 1. The number of hydrogen-bond acceptors (Lipinski definition) is 2. The van der Waals surface area contributed by atoms with Gasteiger partial charge in [-0.25, -0.2) is 0 Å². The highest BCUT2D eigenvalue weighted by Crippen LogP contribution is 2.37. The molecule has 1 aromatic carbocycles. The van der Waals surface area contributed by atoms with E-state index in [1.165, 1.54) is 0 Å². The highest BCUT2D eigenvalue weighted by atomic mass is 79.9. The summed E-state index contributed by atoms with van der Waals surface area (Å²) in [6.45, 7) is 13.4. The molecule has 1 atom stereocenters. The van der Waals surface area contributed by atoms with E-state index in [0.717, 1.165) is 15.6 Å². The van der Waals surface area contributed by atoms with Crippen molar-refractivity contribution in [3.63, 3.8) is 0 Å². The Morgan fingerprint density at radius 3 is 2.37 bits per heavy atom. The van der Waals surface area contributed by atoms with Gasteiger partial charge in [0.05, 0.1) is 6.61 Å². The fourth-order valence-electron chi connectivity index (χ4n) is 1.61. The summed E-state index contributed by atoms with van der Waals surface area (Å²) in [4.78, 5) is 0. The summed E-state index contributed by atoms with van der Waals surface area (Å²) in [6, 6.07) is 5.93. The molecule has 19 heavy (non-hydrogen) atoms. The minimum Gasteiger partial charge on any atom is -0.414 e. The van der Waals surface area contributed by atoms with Gasteiger partial charge in [0.15, 0.2) is 8.32 Å². The van der Waals surface area contributed by atoms with Crippen LogP contribution in [0.2, 0.25) is 18.1 Å². The third-order valence-electron chi connectivity index (χ3n) is 4.00. The lowest BCUT2D eigenvalue weighted by Crippen LogP contribution is -2.41. The Bertz CT molecular complexity index is 438. The standard InChI is InChI=1S/C15H25BrO2Si/c1-11-9-12(16)7-8-13(11)14(17)10-18-19(5,6)15(2,3)4/h7-9,14,17H,10H2,1-6H3/t14-/m0/s1. The van der Waals surface area contributed by atoms with E-state index in [2.05, 4.69) is 49.8 Å². The fraction of sp³-hybridized carbons (Fsp3) is 0.600. The third kappa shape index (κ3) is 4.41. The molecular weight excluding hydrogens is 320 g/mol. The summed E-state index contributed by atoms with van der Waals surface area (Å²) < 4.78 is 7.11. The number of rotatable bonds is 4. The van der Waals surface area contributed by atoms with Crippen molar-refractivity contribution < 1.29 is 9.53 Å². The van der Waals surface area contributed by atoms with Gasteiger partial charge >= 0.3 is 0 Å². The first kappa shape index (κ1) is 16.9. The number of hydrogen-bond donors (Lipinski definition) is 1. The molecule has 0 heterocycles. The molecule has 0 bridgehead atoms. The van der Waals surface area contributed by atoms with Crippen LogP contribution in [0.5, 0.6) is 0 Å². The fourth-order valence-corrected chi connectivity index (χ4v) is 3.09. The van der Waals surface area contributed by atoms with Gasteiger partial charge in [0.2, 0.25) is 0 Å². The first-order chi connectivity index (χ1) is 8.54. The lowest BCUT2D eigenvalue weighted by molar-refractivity contribution is 0.0998. The average molecular weight is 345 g/mol. The molecule has 0 aliphatic heterocycles. The van der Waals surface area contributed by atoms with Gasteiger partial charge in [0, 0.05) is 4.47 Å². The maximum Gasteiger partial charge on any atom is 0.192 e. The quantitative estimate of drug-likeness (QED) is 0.794.